The van der Waals surface area contributed by atoms with Crippen molar-refractivity contribution in [2.24, 2.45) is 0 Å². The Hall–Kier alpha value is 0.324. The van der Waals surface area contributed by atoms with E-state index in [4.69, 9.17) is 0 Å². The molecular formula is C10H11Y-. The van der Waals surface area contributed by atoms with Crippen LogP contribution in [0.25, 0.3) is 0 Å². The first-order valence-electron chi connectivity index (χ1n) is 3.76. The zero-order valence-corrected chi connectivity index (χ0v) is 9.64. The van der Waals surface area contributed by atoms with Crippen LogP contribution < -0.4 is 0 Å². The molecule has 0 atom stereocenters. The molecule has 55 valence electrons. The van der Waals surface area contributed by atoms with Gasteiger partial charge in [-0.05, 0) is 6.92 Å². The van der Waals surface area contributed by atoms with E-state index in [9.17, 15) is 0 Å². The number of aryl methyl sites for hydroxylation is 1. The van der Waals surface area contributed by atoms with Crippen LogP contribution in [0, 0.1) is 13.3 Å². The minimum atomic E-state index is 0. The third-order valence-electron chi connectivity index (χ3n) is 2.09. The van der Waals surface area contributed by atoms with Crippen LogP contribution in [0.1, 0.15) is 16.7 Å². The van der Waals surface area contributed by atoms with Crippen molar-refractivity contribution in [2.75, 3.05) is 0 Å². The molecule has 0 spiro atoms. The second-order valence-electron chi connectivity index (χ2n) is 2.97. The third kappa shape index (κ3) is 1.92. The third-order valence-corrected chi connectivity index (χ3v) is 2.09. The molecule has 1 aliphatic rings. The molecule has 1 heteroatoms. The van der Waals surface area contributed by atoms with Crippen molar-refractivity contribution in [1.29, 1.82) is 0 Å². The van der Waals surface area contributed by atoms with Crippen LogP contribution in [-0.2, 0) is 45.6 Å². The molecule has 0 saturated carbocycles. The second-order valence-corrected chi connectivity index (χ2v) is 2.97. The first kappa shape index (κ1) is 9.41. The maximum atomic E-state index is 2.34. The minimum Gasteiger partial charge on any atom is -0.320 e. The molecule has 0 saturated heterocycles. The van der Waals surface area contributed by atoms with Gasteiger partial charge >= 0.3 is 0 Å². The fourth-order valence-electron chi connectivity index (χ4n) is 1.53. The second kappa shape index (κ2) is 3.82. The molecule has 0 nitrogen and oxygen atoms in total. The van der Waals surface area contributed by atoms with Crippen LogP contribution in [0.2, 0.25) is 0 Å². The van der Waals surface area contributed by atoms with Gasteiger partial charge in [0.05, 0.1) is 0 Å². The van der Waals surface area contributed by atoms with Crippen molar-refractivity contribution in [3.8, 4) is 0 Å². The molecule has 1 aromatic rings. The molecule has 11 heavy (non-hydrogen) atoms. The van der Waals surface area contributed by atoms with Crippen molar-refractivity contribution in [1.82, 2.24) is 0 Å². The number of fused-ring (bicyclic) bond motifs is 1. The molecule has 0 N–H and O–H groups in total. The Labute approximate surface area is 93.3 Å². The Kier molecular flexibility index (Phi) is 3.27. The van der Waals surface area contributed by atoms with E-state index >= 15 is 0 Å². The van der Waals surface area contributed by atoms with Crippen LogP contribution in [-0.4, -0.2) is 0 Å². The number of hydrogen-bond donors (Lipinski definition) is 0. The Morgan fingerprint density at radius 3 is 2.73 bits per heavy atom. The molecule has 0 bridgehead atoms. The van der Waals surface area contributed by atoms with Gasteiger partial charge in [-0.2, -0.15) is 12.8 Å². The minimum absolute atomic E-state index is 0. The predicted octanol–water partition coefficient (Wildman–Crippen LogP) is 2.30. The monoisotopic (exact) mass is 220 g/mol. The maximum Gasteiger partial charge on any atom is 0 e. The van der Waals surface area contributed by atoms with Crippen molar-refractivity contribution >= 4 is 0 Å². The first-order valence-corrected chi connectivity index (χ1v) is 3.76. The number of hydrogen-bond acceptors (Lipinski definition) is 0. The molecule has 0 unspecified atom stereocenters. The van der Waals surface area contributed by atoms with Crippen LogP contribution in [0.5, 0.6) is 0 Å². The van der Waals surface area contributed by atoms with E-state index in [-0.39, 0.29) is 32.7 Å². The van der Waals surface area contributed by atoms with Crippen molar-refractivity contribution < 1.29 is 32.7 Å². The molecule has 0 heterocycles. The van der Waals surface area contributed by atoms with E-state index < -0.39 is 0 Å². The van der Waals surface area contributed by atoms with Gasteiger partial charge in [-0.25, -0.2) is 0 Å². The Bertz CT molecular complexity index is 253. The summed E-state index contributed by atoms with van der Waals surface area (Å²) < 4.78 is 0. The van der Waals surface area contributed by atoms with Crippen LogP contribution in [0.3, 0.4) is 0 Å². The zero-order chi connectivity index (χ0) is 6.97. The molecule has 2 rings (SSSR count). The fourth-order valence-corrected chi connectivity index (χ4v) is 1.53. The molecule has 1 aliphatic carbocycles. The van der Waals surface area contributed by atoms with E-state index in [1.54, 1.807) is 0 Å². The van der Waals surface area contributed by atoms with Gasteiger partial charge in [0.1, 0.15) is 0 Å². The van der Waals surface area contributed by atoms with Crippen LogP contribution in [0.15, 0.2) is 18.2 Å². The van der Waals surface area contributed by atoms with Gasteiger partial charge in [0.15, 0.2) is 0 Å². The predicted molar refractivity (Wildman–Crippen MR) is 42.9 cm³/mol. The summed E-state index contributed by atoms with van der Waals surface area (Å²) in [6, 6.07) is 6.73. The summed E-state index contributed by atoms with van der Waals surface area (Å²) in [5.41, 5.74) is 4.43. The average molecular weight is 220 g/mol. The molecule has 1 radical (unpaired) electrons. The normalized spacial score (nSPS) is 13.9. The quantitative estimate of drug-likeness (QED) is 0.588. The first-order chi connectivity index (χ1) is 4.86. The van der Waals surface area contributed by atoms with E-state index in [1.807, 2.05) is 0 Å². The fraction of sp³-hybridized carbons (Fsp3) is 0.300. The van der Waals surface area contributed by atoms with Gasteiger partial charge in [0, 0.05) is 32.7 Å². The molecular weight excluding hydrogens is 209 g/mol. The summed E-state index contributed by atoms with van der Waals surface area (Å²) in [4.78, 5) is 0. The Morgan fingerprint density at radius 2 is 1.91 bits per heavy atom. The molecule has 0 aromatic heterocycles. The van der Waals surface area contributed by atoms with Gasteiger partial charge in [0.2, 0.25) is 0 Å². The Morgan fingerprint density at radius 1 is 1.18 bits per heavy atom. The van der Waals surface area contributed by atoms with Crippen LogP contribution in [0.4, 0.5) is 0 Å². The summed E-state index contributed by atoms with van der Waals surface area (Å²) in [7, 11) is 0. The standard InChI is InChI=1S/C10H11.Y/c1-8-5-6-9-3-2-4-10(9)7-8;/h2,5-7H,3-4H2,1H3;/q-1;. The van der Waals surface area contributed by atoms with E-state index in [0.29, 0.717) is 0 Å². The average Bonchev–Trinajstić information content (AvgIpc) is 2.33. The molecule has 0 fully saturated rings. The van der Waals surface area contributed by atoms with Gasteiger partial charge in [-0.3, -0.25) is 0 Å². The SMILES string of the molecule is Cc1ccc2c(c1)C[CH-]C2.[Y]. The summed E-state index contributed by atoms with van der Waals surface area (Å²) in [5, 5.41) is 0. The summed E-state index contributed by atoms with van der Waals surface area (Å²) >= 11 is 0. The number of rotatable bonds is 0. The van der Waals surface area contributed by atoms with E-state index in [2.05, 4.69) is 31.5 Å². The van der Waals surface area contributed by atoms with Crippen molar-refractivity contribution in [3.05, 3.63) is 41.3 Å². The summed E-state index contributed by atoms with van der Waals surface area (Å²) in [5.74, 6) is 0. The van der Waals surface area contributed by atoms with Crippen LogP contribution >= 0.6 is 0 Å². The van der Waals surface area contributed by atoms with Gasteiger partial charge in [-0.1, -0.05) is 34.9 Å². The van der Waals surface area contributed by atoms with Gasteiger partial charge in [0.25, 0.3) is 0 Å². The summed E-state index contributed by atoms with van der Waals surface area (Å²) in [6.45, 7) is 2.15. The molecule has 0 aliphatic heterocycles. The van der Waals surface area contributed by atoms with E-state index in [0.717, 1.165) is 0 Å². The van der Waals surface area contributed by atoms with Crippen molar-refractivity contribution in [2.45, 2.75) is 19.8 Å². The zero-order valence-electron chi connectivity index (χ0n) is 6.80. The number of benzene rings is 1. The molecule has 1 aromatic carbocycles. The maximum absolute atomic E-state index is 2.34. The topological polar surface area (TPSA) is 0 Å². The molecule has 0 amide bonds. The largest absolute Gasteiger partial charge is 0.320 e. The van der Waals surface area contributed by atoms with E-state index in [1.165, 1.54) is 29.5 Å². The van der Waals surface area contributed by atoms with Crippen molar-refractivity contribution in [3.63, 3.8) is 0 Å². The van der Waals surface area contributed by atoms with Gasteiger partial charge < -0.3 is 6.42 Å². The van der Waals surface area contributed by atoms with Gasteiger partial charge in [-0.15, -0.1) is 0 Å². The summed E-state index contributed by atoms with van der Waals surface area (Å²) in [6.07, 6.45) is 4.69. The smallest absolute Gasteiger partial charge is 0 e. The Balaban J connectivity index is 0.000000605.